The Morgan fingerprint density at radius 2 is 1.68 bits per heavy atom. The van der Waals surface area contributed by atoms with Crippen molar-refractivity contribution in [1.29, 1.82) is 0 Å². The maximum atomic E-state index is 13.2. The van der Waals surface area contributed by atoms with Crippen molar-refractivity contribution in [3.05, 3.63) is 94.5 Å². The Bertz CT molecular complexity index is 1420. The molecule has 1 heterocycles. The molecule has 0 aromatic heterocycles. The highest BCUT2D eigenvalue weighted by molar-refractivity contribution is 7.89. The van der Waals surface area contributed by atoms with Crippen LogP contribution in [0.3, 0.4) is 0 Å². The Morgan fingerprint density at radius 1 is 1.03 bits per heavy atom. The summed E-state index contributed by atoms with van der Waals surface area (Å²) in [4.78, 5) is 27.4. The number of nitrogens with zero attached hydrogens (tertiary/aromatic N) is 1. The van der Waals surface area contributed by atoms with E-state index in [9.17, 15) is 23.1 Å². The van der Waals surface area contributed by atoms with Gasteiger partial charge in [0.2, 0.25) is 10.0 Å². The average molecular weight is 499 g/mol. The van der Waals surface area contributed by atoms with E-state index in [1.54, 1.807) is 36.4 Å². The van der Waals surface area contributed by atoms with Gasteiger partial charge in [0.05, 0.1) is 23.6 Å². The molecule has 174 valence electrons. The van der Waals surface area contributed by atoms with Gasteiger partial charge in [-0.3, -0.25) is 14.5 Å². The van der Waals surface area contributed by atoms with E-state index in [1.165, 1.54) is 48.4 Å². The third kappa shape index (κ3) is 4.28. The number of anilines is 1. The van der Waals surface area contributed by atoms with Crippen molar-refractivity contribution in [3.63, 3.8) is 0 Å². The van der Waals surface area contributed by atoms with Gasteiger partial charge in [0.25, 0.3) is 11.7 Å². The predicted octanol–water partition coefficient (Wildman–Crippen LogP) is 3.62. The minimum atomic E-state index is -3.95. The number of aliphatic hydroxyl groups is 1. The van der Waals surface area contributed by atoms with Crippen molar-refractivity contribution in [1.82, 2.24) is 0 Å². The Balaban J connectivity index is 1.93. The highest BCUT2D eigenvalue weighted by atomic mass is 35.5. The van der Waals surface area contributed by atoms with Gasteiger partial charge >= 0.3 is 0 Å². The van der Waals surface area contributed by atoms with Gasteiger partial charge in [-0.15, -0.1) is 0 Å². The topological polar surface area (TPSA) is 127 Å². The summed E-state index contributed by atoms with van der Waals surface area (Å²) in [6.07, 6.45) is 0. The Labute approximate surface area is 200 Å². The first-order valence-electron chi connectivity index (χ1n) is 9.95. The molecule has 8 nitrogen and oxygen atoms in total. The molecule has 3 N–H and O–H groups in total. The molecule has 34 heavy (non-hydrogen) atoms. The Hall–Kier alpha value is -3.66. The molecule has 10 heteroatoms. The van der Waals surface area contributed by atoms with Crippen LogP contribution in [0.4, 0.5) is 5.69 Å². The molecule has 1 saturated heterocycles. The van der Waals surface area contributed by atoms with Gasteiger partial charge in [0.1, 0.15) is 11.5 Å². The fourth-order valence-corrected chi connectivity index (χ4v) is 4.43. The number of ether oxygens (including phenoxy) is 1. The monoisotopic (exact) mass is 498 g/mol. The summed E-state index contributed by atoms with van der Waals surface area (Å²) in [5.74, 6) is -1.66. The third-order valence-electron chi connectivity index (χ3n) is 5.42. The smallest absolute Gasteiger partial charge is 0.300 e. The SMILES string of the molecule is COc1cccc(C2/C(=C(\O)c3ccc(Cl)cc3)C(=O)C(=O)N2c2ccc(S(N)(=O)=O)cc2)c1. The normalized spacial score (nSPS) is 17.7. The number of benzene rings is 3. The van der Waals surface area contributed by atoms with E-state index >= 15 is 0 Å². The van der Waals surface area contributed by atoms with E-state index < -0.39 is 27.8 Å². The number of rotatable bonds is 5. The molecule has 3 aromatic rings. The summed E-state index contributed by atoms with van der Waals surface area (Å²) in [7, 11) is -2.47. The standard InChI is InChI=1S/C24H19ClN2O6S/c1-33-18-4-2-3-15(13-18)21-20(22(28)14-5-7-16(25)8-6-14)23(29)24(30)27(21)17-9-11-19(12-10-17)34(26,31)32/h2-13,21,28H,1H3,(H2,26,31,32)/b22-20+. The van der Waals surface area contributed by atoms with Gasteiger partial charge in [0, 0.05) is 16.3 Å². The molecule has 0 radical (unpaired) electrons. The predicted molar refractivity (Wildman–Crippen MR) is 127 cm³/mol. The zero-order valence-corrected chi connectivity index (χ0v) is 19.4. The number of sulfonamides is 1. The number of ketones is 1. The molecule has 1 atom stereocenters. The molecule has 4 rings (SSSR count). The molecule has 0 saturated carbocycles. The number of aliphatic hydroxyl groups excluding tert-OH is 1. The maximum Gasteiger partial charge on any atom is 0.300 e. The number of Topliss-reactive ketones (excluding diaryl/α,β-unsaturated/α-hetero) is 1. The fourth-order valence-electron chi connectivity index (χ4n) is 3.79. The molecule has 0 spiro atoms. The molecule has 1 aliphatic heterocycles. The zero-order chi connectivity index (χ0) is 24.6. The number of hydrogen-bond acceptors (Lipinski definition) is 6. The quantitative estimate of drug-likeness (QED) is 0.314. The second-order valence-electron chi connectivity index (χ2n) is 7.49. The average Bonchev–Trinajstić information content (AvgIpc) is 3.09. The number of methoxy groups -OCH3 is 1. The highest BCUT2D eigenvalue weighted by Gasteiger charge is 2.47. The first-order valence-corrected chi connectivity index (χ1v) is 11.9. The van der Waals surface area contributed by atoms with Crippen molar-refractivity contribution < 1.29 is 27.9 Å². The van der Waals surface area contributed by atoms with Gasteiger partial charge in [-0.2, -0.15) is 0 Å². The van der Waals surface area contributed by atoms with Crippen LogP contribution in [-0.2, 0) is 19.6 Å². The van der Waals surface area contributed by atoms with E-state index in [0.29, 0.717) is 21.9 Å². The second-order valence-corrected chi connectivity index (χ2v) is 9.49. The summed E-state index contributed by atoms with van der Waals surface area (Å²) in [6, 6.07) is 17.2. The van der Waals surface area contributed by atoms with Gasteiger partial charge in [-0.25, -0.2) is 13.6 Å². The molecule has 1 unspecified atom stereocenters. The molecule has 0 aliphatic carbocycles. The van der Waals surface area contributed by atoms with Crippen LogP contribution in [0, 0.1) is 0 Å². The van der Waals surface area contributed by atoms with Gasteiger partial charge in [-0.1, -0.05) is 23.7 Å². The lowest BCUT2D eigenvalue weighted by Crippen LogP contribution is -2.29. The summed E-state index contributed by atoms with van der Waals surface area (Å²) >= 11 is 5.94. The Morgan fingerprint density at radius 3 is 2.26 bits per heavy atom. The van der Waals surface area contributed by atoms with Crippen LogP contribution >= 0.6 is 11.6 Å². The van der Waals surface area contributed by atoms with E-state index in [4.69, 9.17) is 21.5 Å². The number of carbonyl (C=O) groups excluding carboxylic acids is 2. The van der Waals surface area contributed by atoms with Crippen LogP contribution in [-0.4, -0.2) is 32.3 Å². The number of nitrogens with two attached hydrogens (primary N) is 1. The molecular formula is C24H19ClN2O6S. The van der Waals surface area contributed by atoms with Crippen LogP contribution < -0.4 is 14.8 Å². The highest BCUT2D eigenvalue weighted by Crippen LogP contribution is 2.43. The van der Waals surface area contributed by atoms with Crippen LogP contribution in [0.5, 0.6) is 5.75 Å². The lowest BCUT2D eigenvalue weighted by Gasteiger charge is -2.26. The third-order valence-corrected chi connectivity index (χ3v) is 6.60. The molecular weight excluding hydrogens is 480 g/mol. The lowest BCUT2D eigenvalue weighted by atomic mass is 9.95. The van der Waals surface area contributed by atoms with Crippen molar-refractivity contribution in [2.24, 2.45) is 5.14 Å². The van der Waals surface area contributed by atoms with Gasteiger partial charge in [0.15, 0.2) is 0 Å². The fraction of sp³-hybridized carbons (Fsp3) is 0.0833. The first-order chi connectivity index (χ1) is 16.1. The molecule has 1 fully saturated rings. The van der Waals surface area contributed by atoms with E-state index in [-0.39, 0.29) is 21.9 Å². The molecule has 1 amide bonds. The number of primary sulfonamides is 1. The van der Waals surface area contributed by atoms with Crippen LogP contribution in [0.2, 0.25) is 5.02 Å². The van der Waals surface area contributed by atoms with Crippen molar-refractivity contribution in [3.8, 4) is 5.75 Å². The molecule has 0 bridgehead atoms. The van der Waals surface area contributed by atoms with E-state index in [0.717, 1.165) is 0 Å². The van der Waals surface area contributed by atoms with Gasteiger partial charge < -0.3 is 9.84 Å². The molecule has 3 aromatic carbocycles. The van der Waals surface area contributed by atoms with E-state index in [2.05, 4.69) is 0 Å². The number of amides is 1. The van der Waals surface area contributed by atoms with Crippen LogP contribution in [0.1, 0.15) is 17.2 Å². The largest absolute Gasteiger partial charge is 0.507 e. The summed E-state index contributed by atoms with van der Waals surface area (Å²) < 4.78 is 28.6. The number of carbonyl (C=O) groups is 2. The number of halogens is 1. The van der Waals surface area contributed by atoms with Gasteiger partial charge in [-0.05, 0) is 66.2 Å². The minimum Gasteiger partial charge on any atom is -0.507 e. The first kappa shape index (κ1) is 23.5. The van der Waals surface area contributed by atoms with Crippen molar-refractivity contribution in [2.45, 2.75) is 10.9 Å². The second kappa shape index (κ2) is 8.94. The minimum absolute atomic E-state index is 0.129. The zero-order valence-electron chi connectivity index (χ0n) is 17.8. The van der Waals surface area contributed by atoms with Crippen LogP contribution in [0.25, 0.3) is 5.76 Å². The maximum absolute atomic E-state index is 13.2. The van der Waals surface area contributed by atoms with E-state index in [1.807, 2.05) is 0 Å². The van der Waals surface area contributed by atoms with Crippen LogP contribution in [0.15, 0.2) is 83.3 Å². The Kier molecular flexibility index (Phi) is 6.18. The lowest BCUT2D eigenvalue weighted by molar-refractivity contribution is -0.132. The molecule has 1 aliphatic rings. The summed E-state index contributed by atoms with van der Waals surface area (Å²) in [6.45, 7) is 0. The van der Waals surface area contributed by atoms with Crippen molar-refractivity contribution in [2.75, 3.05) is 12.0 Å². The summed E-state index contributed by atoms with van der Waals surface area (Å²) in [5.41, 5.74) is 0.929. The number of hydrogen-bond donors (Lipinski definition) is 2. The summed E-state index contributed by atoms with van der Waals surface area (Å²) in [5, 5.41) is 16.7. The van der Waals surface area contributed by atoms with Crippen molar-refractivity contribution >= 4 is 44.8 Å².